The van der Waals surface area contributed by atoms with Crippen molar-refractivity contribution in [1.82, 2.24) is 0 Å². The van der Waals surface area contributed by atoms with Crippen LogP contribution >= 0.6 is 11.6 Å². The Morgan fingerprint density at radius 3 is 2.79 bits per heavy atom. The predicted octanol–water partition coefficient (Wildman–Crippen LogP) is 1.36. The zero-order valence-corrected chi connectivity index (χ0v) is 8.33. The summed E-state index contributed by atoms with van der Waals surface area (Å²) in [6.07, 6.45) is 0. The number of hydrogen-bond acceptors (Lipinski definition) is 3. The van der Waals surface area contributed by atoms with E-state index in [4.69, 9.17) is 22.6 Å². The predicted molar refractivity (Wildman–Crippen MR) is 56.4 cm³/mol. The minimum Gasteiger partial charge on any atom is -0.367 e. The van der Waals surface area contributed by atoms with Gasteiger partial charge in [-0.1, -0.05) is 11.6 Å². The van der Waals surface area contributed by atoms with E-state index in [0.717, 1.165) is 18.8 Å². The van der Waals surface area contributed by atoms with E-state index in [1.54, 1.807) is 12.1 Å². The lowest BCUT2D eigenvalue weighted by atomic mass is 10.1. The van der Waals surface area contributed by atoms with Crippen LogP contribution in [0.4, 0.5) is 5.69 Å². The van der Waals surface area contributed by atoms with Gasteiger partial charge in [0.1, 0.15) is 6.07 Å². The third-order valence-electron chi connectivity index (χ3n) is 2.33. The van der Waals surface area contributed by atoms with Crippen molar-refractivity contribution in [2.45, 2.75) is 6.04 Å². The van der Waals surface area contributed by atoms with Gasteiger partial charge in [0.15, 0.2) is 0 Å². The highest BCUT2D eigenvalue weighted by molar-refractivity contribution is 6.30. The molecule has 1 saturated heterocycles. The van der Waals surface area contributed by atoms with E-state index in [2.05, 4.69) is 11.0 Å². The molecule has 0 aromatic heterocycles. The van der Waals surface area contributed by atoms with Gasteiger partial charge in [-0.2, -0.15) is 5.26 Å². The van der Waals surface area contributed by atoms with E-state index in [-0.39, 0.29) is 6.04 Å². The van der Waals surface area contributed by atoms with E-state index in [0.29, 0.717) is 10.6 Å². The second-order valence-electron chi connectivity index (χ2n) is 3.44. The smallest absolute Gasteiger partial charge is 0.101 e. The highest BCUT2D eigenvalue weighted by Crippen LogP contribution is 2.27. The molecular weight excluding hydrogens is 198 g/mol. The Balaban J connectivity index is 2.32. The molecule has 0 amide bonds. The number of halogens is 1. The Morgan fingerprint density at radius 2 is 2.21 bits per heavy atom. The lowest BCUT2D eigenvalue weighted by Gasteiger charge is -2.39. The molecule has 72 valence electrons. The van der Waals surface area contributed by atoms with Crippen LogP contribution in [0.1, 0.15) is 5.56 Å². The number of nitriles is 1. The fraction of sp³-hybridized carbons (Fsp3) is 0.300. The van der Waals surface area contributed by atoms with Gasteiger partial charge >= 0.3 is 0 Å². The average molecular weight is 208 g/mol. The Bertz CT molecular complexity index is 391. The van der Waals surface area contributed by atoms with Crippen LogP contribution in [0.5, 0.6) is 0 Å². The number of nitrogens with zero attached hydrogens (tertiary/aromatic N) is 2. The number of benzene rings is 1. The van der Waals surface area contributed by atoms with Gasteiger partial charge in [-0.25, -0.2) is 0 Å². The molecule has 0 radical (unpaired) electrons. The molecule has 4 heteroatoms. The van der Waals surface area contributed by atoms with Gasteiger partial charge in [0.05, 0.1) is 11.3 Å². The molecule has 2 N–H and O–H groups in total. The molecule has 0 saturated carbocycles. The lowest BCUT2D eigenvalue weighted by molar-refractivity contribution is 0.519. The van der Waals surface area contributed by atoms with Gasteiger partial charge in [-0.3, -0.25) is 0 Å². The van der Waals surface area contributed by atoms with Crippen LogP contribution in [-0.4, -0.2) is 19.1 Å². The minimum atomic E-state index is 0.223. The van der Waals surface area contributed by atoms with Gasteiger partial charge < -0.3 is 10.6 Å². The van der Waals surface area contributed by atoms with Crippen molar-refractivity contribution in [3.05, 3.63) is 28.8 Å². The quantitative estimate of drug-likeness (QED) is 0.757. The average Bonchev–Trinajstić information content (AvgIpc) is 2.13. The van der Waals surface area contributed by atoms with Crippen molar-refractivity contribution in [3.63, 3.8) is 0 Å². The van der Waals surface area contributed by atoms with E-state index in [9.17, 15) is 0 Å². The van der Waals surface area contributed by atoms with Crippen LogP contribution in [-0.2, 0) is 0 Å². The Hall–Kier alpha value is -1.24. The molecule has 14 heavy (non-hydrogen) atoms. The molecule has 1 aromatic carbocycles. The third-order valence-corrected chi connectivity index (χ3v) is 2.57. The molecule has 3 nitrogen and oxygen atoms in total. The van der Waals surface area contributed by atoms with Crippen LogP contribution in [0.2, 0.25) is 5.02 Å². The lowest BCUT2D eigenvalue weighted by Crippen LogP contribution is -2.56. The van der Waals surface area contributed by atoms with Crippen LogP contribution in [0.25, 0.3) is 0 Å². The summed E-state index contributed by atoms with van der Waals surface area (Å²) in [5.41, 5.74) is 7.22. The second-order valence-corrected chi connectivity index (χ2v) is 3.87. The molecule has 0 atom stereocenters. The van der Waals surface area contributed by atoms with Crippen molar-refractivity contribution < 1.29 is 0 Å². The van der Waals surface area contributed by atoms with Gasteiger partial charge in [-0.05, 0) is 18.2 Å². The molecule has 0 aliphatic carbocycles. The summed E-state index contributed by atoms with van der Waals surface area (Å²) in [5, 5.41) is 9.55. The summed E-state index contributed by atoms with van der Waals surface area (Å²) in [5.74, 6) is 0. The first-order chi connectivity index (χ1) is 6.70. The van der Waals surface area contributed by atoms with Crippen molar-refractivity contribution in [3.8, 4) is 6.07 Å². The summed E-state index contributed by atoms with van der Waals surface area (Å²) < 4.78 is 0. The molecule has 1 fully saturated rings. The zero-order chi connectivity index (χ0) is 10.1. The molecule has 2 rings (SSSR count). The Labute approximate surface area is 87.7 Å². The van der Waals surface area contributed by atoms with Crippen molar-refractivity contribution in [2.75, 3.05) is 18.0 Å². The third kappa shape index (κ3) is 1.54. The summed E-state index contributed by atoms with van der Waals surface area (Å²) >= 11 is 5.87. The monoisotopic (exact) mass is 207 g/mol. The molecule has 0 spiro atoms. The molecule has 1 aliphatic rings. The first kappa shape index (κ1) is 9.32. The highest BCUT2D eigenvalue weighted by atomic mass is 35.5. The summed E-state index contributed by atoms with van der Waals surface area (Å²) in [7, 11) is 0. The largest absolute Gasteiger partial charge is 0.367 e. The maximum atomic E-state index is 8.89. The van der Waals surface area contributed by atoms with E-state index in [1.807, 2.05) is 6.07 Å². The standard InChI is InChI=1S/C10H10ClN3/c11-8-2-1-7(4-12)10(3-8)14-5-9(13)6-14/h1-3,9H,5-6,13H2. The van der Waals surface area contributed by atoms with Crippen LogP contribution in [0, 0.1) is 11.3 Å². The van der Waals surface area contributed by atoms with Crippen molar-refractivity contribution in [2.24, 2.45) is 5.73 Å². The fourth-order valence-corrected chi connectivity index (χ4v) is 1.74. The summed E-state index contributed by atoms with van der Waals surface area (Å²) in [6, 6.07) is 7.64. The molecule has 1 heterocycles. The first-order valence-corrected chi connectivity index (χ1v) is 4.78. The Morgan fingerprint density at radius 1 is 1.50 bits per heavy atom. The molecular formula is C10H10ClN3. The Kier molecular flexibility index (Phi) is 2.32. The minimum absolute atomic E-state index is 0.223. The van der Waals surface area contributed by atoms with E-state index in [1.165, 1.54) is 0 Å². The molecule has 0 unspecified atom stereocenters. The highest BCUT2D eigenvalue weighted by Gasteiger charge is 2.25. The van der Waals surface area contributed by atoms with Gasteiger partial charge in [0.25, 0.3) is 0 Å². The van der Waals surface area contributed by atoms with E-state index < -0.39 is 0 Å². The molecule has 0 bridgehead atoms. The van der Waals surface area contributed by atoms with Crippen LogP contribution < -0.4 is 10.6 Å². The normalized spacial score (nSPS) is 16.2. The van der Waals surface area contributed by atoms with Crippen LogP contribution in [0.15, 0.2) is 18.2 Å². The topological polar surface area (TPSA) is 53.0 Å². The second kappa shape index (κ2) is 3.49. The summed E-state index contributed by atoms with van der Waals surface area (Å²) in [6.45, 7) is 1.60. The van der Waals surface area contributed by atoms with Gasteiger partial charge in [0.2, 0.25) is 0 Å². The molecule has 1 aliphatic heterocycles. The first-order valence-electron chi connectivity index (χ1n) is 4.41. The number of anilines is 1. The van der Waals surface area contributed by atoms with Crippen molar-refractivity contribution >= 4 is 17.3 Å². The molecule has 1 aromatic rings. The number of hydrogen-bond donors (Lipinski definition) is 1. The summed E-state index contributed by atoms with van der Waals surface area (Å²) in [4.78, 5) is 2.06. The number of nitrogens with two attached hydrogens (primary N) is 1. The number of rotatable bonds is 1. The SMILES string of the molecule is N#Cc1ccc(Cl)cc1N1CC(N)C1. The maximum Gasteiger partial charge on any atom is 0.101 e. The van der Waals surface area contributed by atoms with Gasteiger partial charge in [-0.15, -0.1) is 0 Å². The van der Waals surface area contributed by atoms with Crippen LogP contribution in [0.3, 0.4) is 0 Å². The van der Waals surface area contributed by atoms with E-state index >= 15 is 0 Å². The van der Waals surface area contributed by atoms with Gasteiger partial charge in [0, 0.05) is 24.2 Å². The van der Waals surface area contributed by atoms with Crippen molar-refractivity contribution in [1.29, 1.82) is 5.26 Å². The fourth-order valence-electron chi connectivity index (χ4n) is 1.57. The maximum absolute atomic E-state index is 8.89. The zero-order valence-electron chi connectivity index (χ0n) is 7.57.